The highest BCUT2D eigenvalue weighted by molar-refractivity contribution is 7.89. The predicted molar refractivity (Wildman–Crippen MR) is 63.1 cm³/mol. The molecule has 5 nitrogen and oxygen atoms in total. The lowest BCUT2D eigenvalue weighted by molar-refractivity contribution is 0.468. The van der Waals surface area contributed by atoms with Crippen molar-refractivity contribution in [1.29, 1.82) is 0 Å². The third-order valence-electron chi connectivity index (χ3n) is 2.27. The summed E-state index contributed by atoms with van der Waals surface area (Å²) in [6.45, 7) is 3.76. The standard InChI is InChI=1S/C9H16ClN3O2S/c1-7(10)5-13(4)16(14,15)9-6-12(3)8(2)11-9/h6-7H,5H2,1-4H3. The minimum atomic E-state index is -3.52. The highest BCUT2D eigenvalue weighted by atomic mass is 35.5. The van der Waals surface area contributed by atoms with E-state index in [2.05, 4.69) is 4.98 Å². The molecule has 0 bridgehead atoms. The molecule has 0 aromatic carbocycles. The van der Waals surface area contributed by atoms with Gasteiger partial charge in [0, 0.05) is 32.2 Å². The van der Waals surface area contributed by atoms with Gasteiger partial charge in [0.2, 0.25) is 0 Å². The van der Waals surface area contributed by atoms with Crippen molar-refractivity contribution in [3.63, 3.8) is 0 Å². The molecular weight excluding hydrogens is 250 g/mol. The maximum absolute atomic E-state index is 12.0. The van der Waals surface area contributed by atoms with Gasteiger partial charge in [-0.25, -0.2) is 13.4 Å². The minimum absolute atomic E-state index is 0.0623. The molecule has 0 amide bonds. The fourth-order valence-corrected chi connectivity index (χ4v) is 2.83. The van der Waals surface area contributed by atoms with Crippen LogP contribution in [0.4, 0.5) is 0 Å². The number of hydrogen-bond donors (Lipinski definition) is 0. The number of sulfonamides is 1. The van der Waals surface area contributed by atoms with Gasteiger partial charge in [-0.05, 0) is 13.8 Å². The number of aromatic nitrogens is 2. The predicted octanol–water partition coefficient (Wildman–Crippen LogP) is 0.976. The van der Waals surface area contributed by atoms with Crippen molar-refractivity contribution in [3.05, 3.63) is 12.0 Å². The molecule has 0 aliphatic heterocycles. The van der Waals surface area contributed by atoms with E-state index in [1.165, 1.54) is 17.5 Å². The van der Waals surface area contributed by atoms with Crippen molar-refractivity contribution in [1.82, 2.24) is 13.9 Å². The molecule has 1 rings (SSSR count). The molecule has 0 spiro atoms. The summed E-state index contributed by atoms with van der Waals surface area (Å²) in [5.74, 6) is 0.658. The SMILES string of the molecule is Cc1nc(S(=O)(=O)N(C)CC(C)Cl)cn1C. The number of alkyl halides is 1. The van der Waals surface area contributed by atoms with Gasteiger partial charge < -0.3 is 4.57 Å². The van der Waals surface area contributed by atoms with E-state index >= 15 is 0 Å². The zero-order valence-electron chi connectivity index (χ0n) is 9.81. The summed E-state index contributed by atoms with van der Waals surface area (Å²) >= 11 is 5.77. The normalized spacial score (nSPS) is 14.4. The summed E-state index contributed by atoms with van der Waals surface area (Å²) in [6, 6.07) is 0. The van der Waals surface area contributed by atoms with Gasteiger partial charge in [0.1, 0.15) is 5.82 Å². The summed E-state index contributed by atoms with van der Waals surface area (Å²) in [5, 5.41) is -0.170. The number of hydrogen-bond acceptors (Lipinski definition) is 3. The molecule has 0 saturated carbocycles. The fourth-order valence-electron chi connectivity index (χ4n) is 1.26. The molecule has 0 radical (unpaired) electrons. The number of nitrogens with zero attached hydrogens (tertiary/aromatic N) is 3. The average molecular weight is 266 g/mol. The summed E-state index contributed by atoms with van der Waals surface area (Å²) in [6.07, 6.45) is 1.50. The zero-order valence-corrected chi connectivity index (χ0v) is 11.4. The Balaban J connectivity index is 3.02. The van der Waals surface area contributed by atoms with Gasteiger partial charge in [0.15, 0.2) is 5.03 Å². The van der Waals surface area contributed by atoms with Crippen LogP contribution in [-0.2, 0) is 17.1 Å². The minimum Gasteiger partial charge on any atom is -0.337 e. The zero-order chi connectivity index (χ0) is 12.5. The summed E-state index contributed by atoms with van der Waals surface area (Å²) < 4.78 is 26.9. The number of rotatable bonds is 4. The lowest BCUT2D eigenvalue weighted by Gasteiger charge is -2.16. The van der Waals surface area contributed by atoms with Gasteiger partial charge >= 0.3 is 0 Å². The lowest BCUT2D eigenvalue weighted by atomic mass is 10.5. The topological polar surface area (TPSA) is 55.2 Å². The molecule has 1 aromatic rings. The van der Waals surface area contributed by atoms with Crippen LogP contribution in [0.1, 0.15) is 12.7 Å². The fraction of sp³-hybridized carbons (Fsp3) is 0.667. The Morgan fingerprint density at radius 3 is 2.56 bits per heavy atom. The second kappa shape index (κ2) is 4.73. The smallest absolute Gasteiger partial charge is 0.261 e. The number of halogens is 1. The Morgan fingerprint density at radius 2 is 2.19 bits per heavy atom. The third-order valence-corrected chi connectivity index (χ3v) is 4.10. The van der Waals surface area contributed by atoms with Crippen LogP contribution >= 0.6 is 11.6 Å². The van der Waals surface area contributed by atoms with Crippen LogP contribution in [0.3, 0.4) is 0 Å². The van der Waals surface area contributed by atoms with Crippen LogP contribution in [0.15, 0.2) is 11.2 Å². The maximum atomic E-state index is 12.0. The molecular formula is C9H16ClN3O2S. The molecule has 0 aliphatic rings. The van der Waals surface area contributed by atoms with Gasteiger partial charge in [-0.3, -0.25) is 0 Å². The van der Waals surface area contributed by atoms with Crippen LogP contribution < -0.4 is 0 Å². The Morgan fingerprint density at radius 1 is 1.62 bits per heavy atom. The highest BCUT2D eigenvalue weighted by Crippen LogP contribution is 2.14. The molecule has 0 fully saturated rings. The summed E-state index contributed by atoms with van der Waals surface area (Å²) in [5.41, 5.74) is 0. The Hall–Kier alpha value is -0.590. The lowest BCUT2D eigenvalue weighted by Crippen LogP contribution is -2.31. The molecule has 16 heavy (non-hydrogen) atoms. The first kappa shape index (κ1) is 13.5. The molecule has 1 heterocycles. The van der Waals surface area contributed by atoms with Crippen molar-refractivity contribution >= 4 is 21.6 Å². The van der Waals surface area contributed by atoms with E-state index in [9.17, 15) is 8.42 Å². The van der Waals surface area contributed by atoms with E-state index in [1.807, 2.05) is 0 Å². The Labute approximate surface area is 101 Å². The molecule has 0 N–H and O–H groups in total. The summed E-state index contributed by atoms with van der Waals surface area (Å²) in [7, 11) is -0.265. The summed E-state index contributed by atoms with van der Waals surface area (Å²) in [4.78, 5) is 4.00. The molecule has 1 atom stereocenters. The maximum Gasteiger partial charge on any atom is 0.261 e. The molecule has 1 unspecified atom stereocenters. The number of aryl methyl sites for hydroxylation is 2. The third kappa shape index (κ3) is 2.75. The first-order chi connectivity index (χ1) is 7.25. The van der Waals surface area contributed by atoms with E-state index in [0.29, 0.717) is 5.82 Å². The van der Waals surface area contributed by atoms with Crippen molar-refractivity contribution in [3.8, 4) is 0 Å². The average Bonchev–Trinajstić information content (AvgIpc) is 2.46. The molecule has 0 saturated heterocycles. The van der Waals surface area contributed by atoms with Crippen molar-refractivity contribution < 1.29 is 8.42 Å². The van der Waals surface area contributed by atoms with Crippen molar-refractivity contribution in [2.75, 3.05) is 13.6 Å². The second-order valence-corrected chi connectivity index (χ2v) is 6.54. The van der Waals surface area contributed by atoms with Gasteiger partial charge in [-0.2, -0.15) is 4.31 Å². The van der Waals surface area contributed by atoms with Crippen LogP contribution in [0.2, 0.25) is 0 Å². The van der Waals surface area contributed by atoms with E-state index < -0.39 is 10.0 Å². The monoisotopic (exact) mass is 265 g/mol. The van der Waals surface area contributed by atoms with Gasteiger partial charge in [0.25, 0.3) is 10.0 Å². The van der Waals surface area contributed by atoms with Crippen molar-refractivity contribution in [2.45, 2.75) is 24.3 Å². The molecule has 7 heteroatoms. The van der Waals surface area contributed by atoms with E-state index in [4.69, 9.17) is 11.6 Å². The molecule has 92 valence electrons. The molecule has 1 aromatic heterocycles. The van der Waals surface area contributed by atoms with E-state index in [1.54, 1.807) is 25.5 Å². The van der Waals surface area contributed by atoms with Crippen LogP contribution in [0.25, 0.3) is 0 Å². The largest absolute Gasteiger partial charge is 0.337 e. The van der Waals surface area contributed by atoms with Crippen LogP contribution in [-0.4, -0.2) is 41.2 Å². The quantitative estimate of drug-likeness (QED) is 0.763. The van der Waals surface area contributed by atoms with Gasteiger partial charge in [-0.15, -0.1) is 11.6 Å². The highest BCUT2D eigenvalue weighted by Gasteiger charge is 2.24. The van der Waals surface area contributed by atoms with Crippen LogP contribution in [0.5, 0.6) is 0 Å². The van der Waals surface area contributed by atoms with E-state index in [0.717, 1.165) is 0 Å². The van der Waals surface area contributed by atoms with Crippen LogP contribution in [0, 0.1) is 6.92 Å². The Kier molecular flexibility index (Phi) is 3.98. The van der Waals surface area contributed by atoms with Crippen molar-refractivity contribution in [2.24, 2.45) is 7.05 Å². The second-order valence-electron chi connectivity index (χ2n) is 3.80. The Bertz CT molecular complexity index is 448. The van der Waals surface area contributed by atoms with Gasteiger partial charge in [-0.1, -0.05) is 0 Å². The number of imidazole rings is 1. The van der Waals surface area contributed by atoms with E-state index in [-0.39, 0.29) is 16.9 Å². The first-order valence-electron chi connectivity index (χ1n) is 4.85. The molecule has 0 aliphatic carbocycles. The van der Waals surface area contributed by atoms with Gasteiger partial charge in [0.05, 0.1) is 0 Å². The first-order valence-corrected chi connectivity index (χ1v) is 6.73.